The van der Waals surface area contributed by atoms with Crippen molar-refractivity contribution in [3.8, 4) is 0 Å². The lowest BCUT2D eigenvalue weighted by atomic mass is 9.75. The molecule has 48 heteroatoms. The van der Waals surface area contributed by atoms with Crippen LogP contribution in [0.25, 0.3) is 0 Å². The van der Waals surface area contributed by atoms with Crippen molar-refractivity contribution in [3.63, 3.8) is 0 Å². The first-order chi connectivity index (χ1) is 31.4. The highest BCUT2D eigenvalue weighted by Crippen LogP contribution is 2.52. The predicted molar refractivity (Wildman–Crippen MR) is 362 cm³/mol. The van der Waals surface area contributed by atoms with Gasteiger partial charge in [-0.05, 0) is 13.0 Å². The number of hydrogen-bond donors (Lipinski definition) is 0. The van der Waals surface area contributed by atoms with Crippen LogP contribution in [-0.2, 0) is 346 Å². The molecular weight excluding hydrogens is 1590 g/mol. The summed E-state index contributed by atoms with van der Waals surface area (Å²) >= 11 is 16.8. The van der Waals surface area contributed by atoms with Crippen molar-refractivity contribution in [1.29, 1.82) is 0 Å². The minimum absolute atomic E-state index is 0.00515. The number of alkyl halides is 3. The number of amides is 1. The number of Topliss-reactive ketones (excluding diaryl/α,β-unsaturated/α-hetero) is 1. The van der Waals surface area contributed by atoms with Crippen LogP contribution in [0.4, 0.5) is 13.2 Å². The molecule has 4 rings (SSSR count). The van der Waals surface area contributed by atoms with Gasteiger partial charge in [0.15, 0.2) is 5.78 Å². The van der Waals surface area contributed by atoms with Crippen molar-refractivity contribution < 1.29 is 27.5 Å². The maximum Gasteiger partial charge on any atom is 0.471 e. The van der Waals surface area contributed by atoms with E-state index in [9.17, 15) is 22.8 Å². The highest BCUT2D eigenvalue weighted by Gasteiger charge is 2.55. The van der Waals surface area contributed by atoms with Gasteiger partial charge < -0.3 is 9.64 Å². The minimum Gasteiger partial charge on any atom is -0.362 e. The summed E-state index contributed by atoms with van der Waals surface area (Å²) in [7, 11) is 61.7. The van der Waals surface area contributed by atoms with Gasteiger partial charge in [0.2, 0.25) is 0 Å². The number of ketones is 1. The van der Waals surface area contributed by atoms with Gasteiger partial charge >= 0.3 is 12.1 Å². The Kier molecular flexibility index (Phi) is 40.3. The zero-order valence-corrected chi connectivity index (χ0v) is 61.0. The van der Waals surface area contributed by atoms with Crippen molar-refractivity contribution >= 4 is 359 Å². The molecule has 0 saturated carbocycles. The average molecular weight is 1600 g/mol. The molecule has 2 aromatic rings. The number of thiophene rings is 1. The molecule has 1 fully saturated rings. The van der Waals surface area contributed by atoms with Crippen molar-refractivity contribution in [2.45, 2.75) is 43.6 Å². The van der Waals surface area contributed by atoms with Crippen LogP contribution < -0.4 is 0 Å². The van der Waals surface area contributed by atoms with E-state index in [4.69, 9.17) is 38.7 Å². The van der Waals surface area contributed by atoms with Crippen molar-refractivity contribution in [2.24, 2.45) is 7.05 Å². The second-order valence-corrected chi connectivity index (χ2v) is 71.4. The van der Waals surface area contributed by atoms with Gasteiger partial charge in [-0.15, -0.1) is 16.4 Å². The van der Waals surface area contributed by atoms with E-state index < -0.39 is 29.8 Å². The molecule has 7 nitrogen and oxygen atoms in total. The Hall–Kier alpha value is 5.94. The van der Waals surface area contributed by atoms with Crippen LogP contribution in [0.15, 0.2) is 12.3 Å². The third-order valence-corrected chi connectivity index (χ3v) is 80.9. The van der Waals surface area contributed by atoms with E-state index in [1.807, 2.05) is 178 Å². The van der Waals surface area contributed by atoms with Crippen LogP contribution in [0.3, 0.4) is 0 Å². The van der Waals surface area contributed by atoms with Crippen LogP contribution in [0.1, 0.15) is 46.7 Å². The van der Waals surface area contributed by atoms with E-state index >= 15 is 0 Å². The monoisotopic (exact) mass is 1600 g/mol. The lowest BCUT2D eigenvalue weighted by Gasteiger charge is -2.50. The maximum atomic E-state index is 13.3. The quantitative estimate of drug-likeness (QED) is 0.435. The topological polar surface area (TPSA) is 77.3 Å². The largest absolute Gasteiger partial charge is 0.471 e. The number of rotatable bonds is 1. The molecule has 1 spiro atoms. The second kappa shape index (κ2) is 40.2. The summed E-state index contributed by atoms with van der Waals surface area (Å²) in [5.41, 5.74) is -0.264. The average Bonchev–Trinajstić information content (AvgIpc) is 3.91. The Morgan fingerprint density at radius 3 is 1.40 bits per heavy atom. The number of carbonyl (C=O) groups excluding carboxylic acids is 2. The molecule has 1 unspecified atom stereocenters. The second-order valence-electron chi connectivity index (χ2n) is 9.61. The van der Waals surface area contributed by atoms with E-state index in [2.05, 4.69) is 10.3 Å². The number of nitrogens with zero attached hydrogens (tertiary/aromatic N) is 4. The standard InChI is InChI=1S/C17H16ClF3N4O3S.S36/c1-8-4-16(9-3-13(18)29-14(9)12(26)7-28-16)5-11(10-6-24(2)23-22-10)25(8)15(27)17(19,20)21;1-3-5-7-9-11-13-15-17-19-21-23-25-27-29-31-33-35-36-34-32-30-28-26-24-22-20-18-16-14-12-10-8-6-4-2/h3,6,8,11H,4-5,7H2,1-2H3;/t8-,11-,16?;/m0./s1. The predicted octanol–water partition coefficient (Wildman–Crippen LogP) is 3.17. The molecule has 4 heterocycles. The van der Waals surface area contributed by atoms with E-state index in [1.54, 1.807) is 120 Å². The van der Waals surface area contributed by atoms with E-state index in [0.717, 1.165) is 16.2 Å². The first-order valence-electron chi connectivity index (χ1n) is 14.6. The van der Waals surface area contributed by atoms with Gasteiger partial charge in [-0.3, -0.25) is 14.3 Å². The minimum atomic E-state index is -5.03. The molecule has 2 aromatic heterocycles. The zero-order valence-electron chi connectivity index (χ0n) is 30.1. The van der Waals surface area contributed by atoms with Gasteiger partial charge in [0.05, 0.1) is 27.1 Å². The number of aryl methyl sites for hydroxylation is 1. The molecule has 65 heavy (non-hydrogen) atoms. The van der Waals surface area contributed by atoms with Gasteiger partial charge in [0, 0.05) is 356 Å². The summed E-state index contributed by atoms with van der Waals surface area (Å²) in [4.78, 5) is 25.7. The van der Waals surface area contributed by atoms with E-state index in [1.165, 1.54) is 35.6 Å². The third-order valence-electron chi connectivity index (χ3n) is 6.24. The number of fused-ring (bicyclic) bond motifs is 2. The highest BCUT2D eigenvalue weighted by molar-refractivity contribution is 8.80. The number of ether oxygens (including phenoxy) is 1. The van der Waals surface area contributed by atoms with Crippen LogP contribution in [0.2, 0.25) is 4.34 Å². The Balaban J connectivity index is 0.000000351. The van der Waals surface area contributed by atoms with Crippen LogP contribution in [-0.4, -0.2) is 50.4 Å². The summed E-state index contributed by atoms with van der Waals surface area (Å²) in [6, 6.07) is -0.230. The first-order valence-corrected chi connectivity index (χ1v) is 62.4. The van der Waals surface area contributed by atoms with Crippen LogP contribution >= 0.6 is 22.9 Å². The molecule has 0 aromatic carbocycles. The lowest BCUT2D eigenvalue weighted by molar-refractivity contribution is -0.200. The van der Waals surface area contributed by atoms with Crippen LogP contribution in [0.5, 0.6) is 0 Å². The Morgan fingerprint density at radius 1 is 0.708 bits per heavy atom. The summed E-state index contributed by atoms with van der Waals surface area (Å²) < 4.78 is 47.6. The molecule has 1 amide bonds. The number of piperidine rings is 1. The fourth-order valence-corrected chi connectivity index (χ4v) is 93.6. The molecule has 2 aliphatic rings. The van der Waals surface area contributed by atoms with E-state index in [-0.39, 0.29) is 30.9 Å². The molecule has 1 saturated heterocycles. The molecule has 3 atom stereocenters. The smallest absolute Gasteiger partial charge is 0.362 e. The number of halogens is 4. The maximum absolute atomic E-state index is 13.3. The number of hydrogen-bond acceptors (Lipinski definition) is 8. The molecule has 2 aliphatic heterocycles. The Bertz CT molecular complexity index is 3590. The summed E-state index contributed by atoms with van der Waals surface area (Å²) in [5.74, 6) is -2.16. The van der Waals surface area contributed by atoms with Gasteiger partial charge in [0.25, 0.3) is 0 Å². The van der Waals surface area contributed by atoms with Crippen molar-refractivity contribution in [1.82, 2.24) is 19.9 Å². The van der Waals surface area contributed by atoms with Gasteiger partial charge in [-0.25, -0.2) is 0 Å². The molecular formula is C17H16ClF3N4O3S37. The Morgan fingerprint density at radius 2 is 1.08 bits per heavy atom. The summed E-state index contributed by atoms with van der Waals surface area (Å²) in [5, 5.41) is 7.75. The summed E-state index contributed by atoms with van der Waals surface area (Å²) in [6.45, 7) is 1.33. The molecule has 0 N–H and O–H groups in total. The molecule has 0 aliphatic carbocycles. The van der Waals surface area contributed by atoms with Gasteiger partial charge in [-0.2, -0.15) is 13.2 Å². The highest BCUT2D eigenvalue weighted by atomic mass is 35.5. The fraction of sp³-hybridized carbons (Fsp3) is 0.529. The van der Waals surface area contributed by atoms with Gasteiger partial charge in [-0.1, -0.05) is 16.8 Å². The van der Waals surface area contributed by atoms with Crippen molar-refractivity contribution in [3.05, 3.63) is 32.7 Å². The van der Waals surface area contributed by atoms with Crippen molar-refractivity contribution in [2.75, 3.05) is 6.61 Å². The normalized spacial score (nSPS) is 16.5. The van der Waals surface area contributed by atoms with E-state index in [0.29, 0.717) is 14.8 Å². The third kappa shape index (κ3) is 27.7. The molecule has 0 bridgehead atoms. The van der Waals surface area contributed by atoms with Gasteiger partial charge in [0.1, 0.15) is 12.3 Å². The molecule has 372 valence electrons. The van der Waals surface area contributed by atoms with Crippen LogP contribution in [0, 0.1) is 0 Å². The zero-order chi connectivity index (χ0) is 47.2. The first kappa shape index (κ1) is 65.2. The SMILES string of the molecule is C[C@H]1CC2(C[C@@H](c3cn(C)nn3)N1C(=O)C(F)(F)F)OCC(=O)c1sc(Cl)cc12.S=S=S=S=S=S=S=S=S=S=S=S=S=S=S=S=S=S=S=S=S=S=S=S=S=S=S=S=S=S=S=S=S=S=S=S. The molecule has 0 radical (unpaired) electrons. The number of likely N-dealkylation sites (tertiary alicyclic amines) is 1. The number of carbonyl (C=O) groups is 2. The fourth-order valence-electron chi connectivity index (χ4n) is 4.58. The number of aromatic nitrogens is 3. The summed E-state index contributed by atoms with van der Waals surface area (Å²) in [6.07, 6.45) is -3.45. The Labute approximate surface area is 485 Å². The lowest BCUT2D eigenvalue weighted by Crippen LogP contribution is -2.57.